The van der Waals surface area contributed by atoms with E-state index in [-0.39, 0.29) is 0 Å². The van der Waals surface area contributed by atoms with Crippen molar-refractivity contribution >= 4 is 16.5 Å². The highest BCUT2D eigenvalue weighted by Gasteiger charge is 2.46. The zero-order valence-corrected chi connectivity index (χ0v) is 15.6. The summed E-state index contributed by atoms with van der Waals surface area (Å²) in [5.41, 5.74) is 5.65. The Bertz CT molecular complexity index is 897. The molecule has 2 aliphatic rings. The maximum absolute atomic E-state index is 6.18. The highest BCUT2D eigenvalue weighted by atomic mass is 16.7. The molecule has 0 saturated carbocycles. The molecule has 4 nitrogen and oxygen atoms in total. The molecule has 1 aliphatic carbocycles. The number of furan rings is 1. The SMILES string of the molecule is CCOC1(OCC)C2=CCC=CC2=C(c2ccc3ccoc3c2)CN1C. The van der Waals surface area contributed by atoms with Gasteiger partial charge in [-0.3, -0.25) is 0 Å². The van der Waals surface area contributed by atoms with Crippen LogP contribution in [-0.2, 0) is 9.47 Å². The number of likely N-dealkylation sites (N-methyl/N-ethyl adjacent to an activating group) is 1. The van der Waals surface area contributed by atoms with E-state index in [4.69, 9.17) is 13.9 Å². The van der Waals surface area contributed by atoms with Crippen LogP contribution in [0.3, 0.4) is 0 Å². The molecule has 0 spiro atoms. The lowest BCUT2D eigenvalue weighted by molar-refractivity contribution is -0.282. The van der Waals surface area contributed by atoms with E-state index in [0.29, 0.717) is 13.2 Å². The van der Waals surface area contributed by atoms with Crippen LogP contribution in [0.15, 0.2) is 64.3 Å². The third-order valence-corrected chi connectivity index (χ3v) is 5.08. The number of allylic oxidation sites excluding steroid dienone is 3. The largest absolute Gasteiger partial charge is 0.464 e. The van der Waals surface area contributed by atoms with Gasteiger partial charge in [-0.2, -0.15) is 0 Å². The van der Waals surface area contributed by atoms with Gasteiger partial charge in [0.05, 0.1) is 6.26 Å². The minimum atomic E-state index is -0.818. The minimum Gasteiger partial charge on any atom is -0.464 e. The molecule has 0 atom stereocenters. The van der Waals surface area contributed by atoms with Gasteiger partial charge in [-0.05, 0) is 56.2 Å². The Morgan fingerprint density at radius 3 is 2.73 bits per heavy atom. The molecule has 4 rings (SSSR count). The fraction of sp³-hybridized carbons (Fsp3) is 0.364. The number of hydrogen-bond acceptors (Lipinski definition) is 4. The number of hydrogen-bond donors (Lipinski definition) is 0. The molecule has 26 heavy (non-hydrogen) atoms. The number of fused-ring (bicyclic) bond motifs is 2. The predicted octanol–water partition coefficient (Wildman–Crippen LogP) is 4.74. The van der Waals surface area contributed by atoms with Crippen molar-refractivity contribution in [1.82, 2.24) is 4.90 Å². The van der Waals surface area contributed by atoms with Gasteiger partial charge in [0, 0.05) is 30.7 Å². The first-order chi connectivity index (χ1) is 12.7. The molecule has 2 aromatic rings. The molecule has 0 amide bonds. The summed E-state index contributed by atoms with van der Waals surface area (Å²) in [6.45, 7) is 5.94. The molecule has 0 N–H and O–H groups in total. The normalized spacial score (nSPS) is 19.7. The first kappa shape index (κ1) is 17.3. The quantitative estimate of drug-likeness (QED) is 0.729. The van der Waals surface area contributed by atoms with E-state index in [9.17, 15) is 0 Å². The van der Waals surface area contributed by atoms with Crippen molar-refractivity contribution in [3.8, 4) is 0 Å². The Balaban J connectivity index is 1.87. The van der Waals surface area contributed by atoms with E-state index in [1.54, 1.807) is 6.26 Å². The molecule has 1 aromatic heterocycles. The van der Waals surface area contributed by atoms with Gasteiger partial charge < -0.3 is 13.9 Å². The summed E-state index contributed by atoms with van der Waals surface area (Å²) in [5.74, 6) is -0.818. The summed E-state index contributed by atoms with van der Waals surface area (Å²) in [5, 5.41) is 1.12. The first-order valence-corrected chi connectivity index (χ1v) is 9.27. The Labute approximate surface area is 154 Å². The molecule has 4 heteroatoms. The third kappa shape index (κ3) is 2.65. The summed E-state index contributed by atoms with van der Waals surface area (Å²) in [7, 11) is 2.06. The van der Waals surface area contributed by atoms with E-state index in [1.807, 2.05) is 19.9 Å². The van der Waals surface area contributed by atoms with E-state index in [1.165, 1.54) is 16.7 Å². The second-order valence-electron chi connectivity index (χ2n) is 6.63. The topological polar surface area (TPSA) is 34.8 Å². The molecule has 1 aliphatic heterocycles. The summed E-state index contributed by atoms with van der Waals surface area (Å²) >= 11 is 0. The number of rotatable bonds is 5. The van der Waals surface area contributed by atoms with Crippen LogP contribution in [0, 0.1) is 0 Å². The van der Waals surface area contributed by atoms with Crippen LogP contribution in [0.5, 0.6) is 0 Å². The van der Waals surface area contributed by atoms with Gasteiger partial charge >= 0.3 is 0 Å². The zero-order chi connectivity index (χ0) is 18.1. The summed E-state index contributed by atoms with van der Waals surface area (Å²) in [6, 6.07) is 8.40. The van der Waals surface area contributed by atoms with Crippen molar-refractivity contribution < 1.29 is 13.9 Å². The molecular formula is C22H25NO3. The number of ether oxygens (including phenoxy) is 2. The highest BCUT2D eigenvalue weighted by molar-refractivity contribution is 5.86. The molecule has 1 aromatic carbocycles. The van der Waals surface area contributed by atoms with E-state index in [2.05, 4.69) is 48.4 Å². The zero-order valence-electron chi connectivity index (χ0n) is 15.6. The maximum Gasteiger partial charge on any atom is 0.258 e. The van der Waals surface area contributed by atoms with Gasteiger partial charge in [0.25, 0.3) is 5.91 Å². The van der Waals surface area contributed by atoms with Crippen molar-refractivity contribution in [3.63, 3.8) is 0 Å². The molecule has 136 valence electrons. The number of nitrogens with zero attached hydrogens (tertiary/aromatic N) is 1. The Morgan fingerprint density at radius 1 is 1.15 bits per heavy atom. The Morgan fingerprint density at radius 2 is 1.96 bits per heavy atom. The van der Waals surface area contributed by atoms with Crippen LogP contribution in [0.25, 0.3) is 16.5 Å². The first-order valence-electron chi connectivity index (χ1n) is 9.27. The number of benzene rings is 1. The molecule has 2 heterocycles. The van der Waals surface area contributed by atoms with Crippen LogP contribution in [0.4, 0.5) is 0 Å². The van der Waals surface area contributed by atoms with Crippen LogP contribution in [0.1, 0.15) is 25.8 Å². The lowest BCUT2D eigenvalue weighted by Gasteiger charge is -2.47. The Hall–Kier alpha value is -2.14. The molecule has 0 fully saturated rings. The maximum atomic E-state index is 6.18. The van der Waals surface area contributed by atoms with Crippen molar-refractivity contribution in [2.24, 2.45) is 0 Å². The average Bonchev–Trinajstić information content (AvgIpc) is 3.13. The minimum absolute atomic E-state index is 0.590. The Kier molecular flexibility index (Phi) is 4.57. The molecule has 0 saturated heterocycles. The van der Waals surface area contributed by atoms with Crippen molar-refractivity contribution in [1.29, 1.82) is 0 Å². The van der Waals surface area contributed by atoms with Crippen LogP contribution >= 0.6 is 0 Å². The fourth-order valence-electron chi connectivity index (χ4n) is 3.96. The van der Waals surface area contributed by atoms with Gasteiger partial charge in [-0.25, -0.2) is 4.90 Å². The standard InChI is InChI=1S/C22H25NO3/c1-4-25-22(26-5-2)20-9-7-6-8-18(20)19(15-23(22)3)17-11-10-16-12-13-24-21(16)14-17/h6,8-14H,4-5,7,15H2,1-3H3. The van der Waals surface area contributed by atoms with E-state index in [0.717, 1.165) is 29.5 Å². The molecule has 0 unspecified atom stereocenters. The van der Waals surface area contributed by atoms with Crippen LogP contribution < -0.4 is 0 Å². The summed E-state index contributed by atoms with van der Waals surface area (Å²) in [4.78, 5) is 2.16. The molecule has 0 radical (unpaired) electrons. The summed E-state index contributed by atoms with van der Waals surface area (Å²) < 4.78 is 18.0. The van der Waals surface area contributed by atoms with Crippen molar-refractivity contribution in [2.45, 2.75) is 26.2 Å². The lowest BCUT2D eigenvalue weighted by Crippen LogP contribution is -2.56. The second kappa shape index (κ2) is 6.88. The van der Waals surface area contributed by atoms with E-state index >= 15 is 0 Å². The van der Waals surface area contributed by atoms with Gasteiger partial charge in [-0.15, -0.1) is 0 Å². The predicted molar refractivity (Wildman–Crippen MR) is 104 cm³/mol. The van der Waals surface area contributed by atoms with E-state index < -0.39 is 5.91 Å². The van der Waals surface area contributed by atoms with Crippen LogP contribution in [0.2, 0.25) is 0 Å². The highest BCUT2D eigenvalue weighted by Crippen LogP contribution is 2.43. The van der Waals surface area contributed by atoms with Crippen LogP contribution in [-0.4, -0.2) is 37.6 Å². The average molecular weight is 351 g/mol. The van der Waals surface area contributed by atoms with Crippen molar-refractivity contribution in [2.75, 3.05) is 26.8 Å². The third-order valence-electron chi connectivity index (χ3n) is 5.08. The molecular weight excluding hydrogens is 326 g/mol. The van der Waals surface area contributed by atoms with Gasteiger partial charge in [-0.1, -0.05) is 30.4 Å². The fourth-order valence-corrected chi connectivity index (χ4v) is 3.96. The lowest BCUT2D eigenvalue weighted by atomic mass is 9.84. The smallest absolute Gasteiger partial charge is 0.258 e. The van der Waals surface area contributed by atoms with Gasteiger partial charge in [0.15, 0.2) is 0 Å². The monoisotopic (exact) mass is 351 g/mol. The van der Waals surface area contributed by atoms with Gasteiger partial charge in [0.2, 0.25) is 0 Å². The summed E-state index contributed by atoms with van der Waals surface area (Å²) in [6.07, 6.45) is 9.25. The molecule has 0 bridgehead atoms. The van der Waals surface area contributed by atoms with Gasteiger partial charge in [0.1, 0.15) is 5.58 Å². The van der Waals surface area contributed by atoms with Crippen molar-refractivity contribution in [3.05, 3.63) is 65.5 Å². The second-order valence-corrected chi connectivity index (χ2v) is 6.63.